The molecule has 0 amide bonds. The molecule has 0 radical (unpaired) electrons. The van der Waals surface area contributed by atoms with Crippen LogP contribution in [0.4, 0.5) is 0 Å². The van der Waals surface area contributed by atoms with E-state index in [1.807, 2.05) is 13.8 Å². The second-order valence-electron chi connectivity index (χ2n) is 6.66. The van der Waals surface area contributed by atoms with E-state index < -0.39 is 5.97 Å². The number of nitrogens with two attached hydrogens (primary N) is 1. The summed E-state index contributed by atoms with van der Waals surface area (Å²) in [6, 6.07) is 9.78. The standard InChI is InChI=1S/C22H23NO7S.ClH/c1-12(2)28-17-10-16-20(22(27-4)21(17)26-3)15(24)9-19(30-16)31-14-7-5-13(6-8-14)29-18(25)11-23;/h5-10,12H,11,23H2,1-4H3;1H. The van der Waals surface area contributed by atoms with Crippen LogP contribution in [0.2, 0.25) is 0 Å². The zero-order valence-corrected chi connectivity index (χ0v) is 19.6. The summed E-state index contributed by atoms with van der Waals surface area (Å²) in [6.45, 7) is 3.57. The van der Waals surface area contributed by atoms with Gasteiger partial charge in [0.2, 0.25) is 5.75 Å². The van der Waals surface area contributed by atoms with E-state index in [0.717, 1.165) is 4.90 Å². The molecule has 1 aromatic heterocycles. The van der Waals surface area contributed by atoms with Crippen LogP contribution in [0.3, 0.4) is 0 Å². The van der Waals surface area contributed by atoms with Crippen molar-refractivity contribution in [3.8, 4) is 23.0 Å². The lowest BCUT2D eigenvalue weighted by atomic mass is 10.1. The molecule has 8 nitrogen and oxygen atoms in total. The van der Waals surface area contributed by atoms with Gasteiger partial charge in [-0.1, -0.05) is 11.8 Å². The maximum Gasteiger partial charge on any atom is 0.325 e. The van der Waals surface area contributed by atoms with E-state index in [1.54, 1.807) is 30.3 Å². The van der Waals surface area contributed by atoms with Gasteiger partial charge in [-0.05, 0) is 38.1 Å². The highest BCUT2D eigenvalue weighted by atomic mass is 35.5. The number of hydrogen-bond donors (Lipinski definition) is 1. The minimum atomic E-state index is -0.523. The van der Waals surface area contributed by atoms with Crippen molar-refractivity contribution in [3.63, 3.8) is 0 Å². The summed E-state index contributed by atoms with van der Waals surface area (Å²) in [6.07, 6.45) is -0.118. The Morgan fingerprint density at radius 3 is 2.31 bits per heavy atom. The number of halogens is 1. The molecule has 2 N–H and O–H groups in total. The number of esters is 1. The van der Waals surface area contributed by atoms with E-state index in [4.69, 9.17) is 29.1 Å². The maximum atomic E-state index is 12.9. The molecule has 1 heterocycles. The number of benzene rings is 2. The average Bonchev–Trinajstić information content (AvgIpc) is 2.73. The maximum absolute atomic E-state index is 12.9. The van der Waals surface area contributed by atoms with Crippen LogP contribution >= 0.6 is 24.2 Å². The van der Waals surface area contributed by atoms with Crippen molar-refractivity contribution in [2.45, 2.75) is 29.9 Å². The third-order valence-corrected chi connectivity index (χ3v) is 4.99. The minimum absolute atomic E-state index is 0. The first-order valence-corrected chi connectivity index (χ1v) is 10.3. The van der Waals surface area contributed by atoms with Gasteiger partial charge in [-0.2, -0.15) is 0 Å². The van der Waals surface area contributed by atoms with E-state index >= 15 is 0 Å². The van der Waals surface area contributed by atoms with Crippen LogP contribution in [-0.4, -0.2) is 32.8 Å². The van der Waals surface area contributed by atoms with E-state index in [0.29, 0.717) is 27.9 Å². The molecule has 0 unspecified atom stereocenters. The van der Waals surface area contributed by atoms with Crippen molar-refractivity contribution in [2.24, 2.45) is 5.73 Å². The molecular formula is C22H24ClNO7S. The molecule has 10 heteroatoms. The Morgan fingerprint density at radius 1 is 1.09 bits per heavy atom. The third-order valence-electron chi connectivity index (χ3n) is 4.08. The van der Waals surface area contributed by atoms with E-state index in [-0.39, 0.29) is 41.6 Å². The molecule has 0 saturated carbocycles. The Balaban J connectivity index is 0.00000363. The van der Waals surface area contributed by atoms with Gasteiger partial charge < -0.3 is 29.1 Å². The highest BCUT2D eigenvalue weighted by Gasteiger charge is 2.21. The molecule has 172 valence electrons. The summed E-state index contributed by atoms with van der Waals surface area (Å²) in [5.74, 6) is 0.862. The molecule has 0 aliphatic rings. The van der Waals surface area contributed by atoms with Gasteiger partial charge in [-0.25, -0.2) is 0 Å². The number of rotatable bonds is 8. The number of fused-ring (bicyclic) bond motifs is 1. The molecule has 3 aromatic rings. The second-order valence-corrected chi connectivity index (χ2v) is 7.74. The Hall–Kier alpha value is -2.88. The first-order chi connectivity index (χ1) is 14.9. The fourth-order valence-electron chi connectivity index (χ4n) is 2.87. The summed E-state index contributed by atoms with van der Waals surface area (Å²) < 4.78 is 27.7. The number of hydrogen-bond acceptors (Lipinski definition) is 9. The molecule has 0 aliphatic carbocycles. The molecule has 0 spiro atoms. The van der Waals surface area contributed by atoms with Crippen LogP contribution in [0.25, 0.3) is 11.0 Å². The van der Waals surface area contributed by atoms with Gasteiger partial charge >= 0.3 is 5.97 Å². The fraction of sp³-hybridized carbons (Fsp3) is 0.273. The fourth-order valence-corrected chi connectivity index (χ4v) is 3.67. The van der Waals surface area contributed by atoms with Gasteiger partial charge in [0, 0.05) is 17.0 Å². The first-order valence-electron chi connectivity index (χ1n) is 9.44. The first kappa shape index (κ1) is 25.4. The highest BCUT2D eigenvalue weighted by Crippen LogP contribution is 2.43. The highest BCUT2D eigenvalue weighted by molar-refractivity contribution is 7.99. The van der Waals surface area contributed by atoms with Crippen LogP contribution in [0.15, 0.2) is 55.6 Å². The zero-order valence-electron chi connectivity index (χ0n) is 18.0. The van der Waals surface area contributed by atoms with Crippen LogP contribution < -0.4 is 30.1 Å². The Labute approximate surface area is 195 Å². The molecule has 0 aliphatic heterocycles. The van der Waals surface area contributed by atoms with E-state index in [1.165, 1.54) is 32.0 Å². The van der Waals surface area contributed by atoms with Crippen molar-refractivity contribution in [1.82, 2.24) is 0 Å². The number of ether oxygens (including phenoxy) is 4. The molecule has 0 bridgehead atoms. The van der Waals surface area contributed by atoms with Crippen molar-refractivity contribution < 1.29 is 28.2 Å². The van der Waals surface area contributed by atoms with Crippen molar-refractivity contribution >= 4 is 41.1 Å². The monoisotopic (exact) mass is 481 g/mol. The third kappa shape index (κ3) is 5.67. The Bertz CT molecular complexity index is 1150. The van der Waals surface area contributed by atoms with Crippen LogP contribution in [0.5, 0.6) is 23.0 Å². The van der Waals surface area contributed by atoms with Gasteiger partial charge in [-0.3, -0.25) is 9.59 Å². The number of carbonyl (C=O) groups is 1. The van der Waals surface area contributed by atoms with Crippen LogP contribution in [0, 0.1) is 0 Å². The van der Waals surface area contributed by atoms with Crippen LogP contribution in [-0.2, 0) is 4.79 Å². The topological polar surface area (TPSA) is 110 Å². The van der Waals surface area contributed by atoms with Gasteiger partial charge in [0.25, 0.3) is 0 Å². The van der Waals surface area contributed by atoms with Crippen LogP contribution in [0.1, 0.15) is 13.8 Å². The summed E-state index contributed by atoms with van der Waals surface area (Å²) in [5, 5.41) is 0.649. The predicted octanol–water partition coefficient (Wildman–Crippen LogP) is 4.03. The second kappa shape index (κ2) is 11.1. The quantitative estimate of drug-likeness (QED) is 0.376. The minimum Gasteiger partial charge on any atom is -0.492 e. The summed E-state index contributed by atoms with van der Waals surface area (Å²) in [4.78, 5) is 24.9. The molecule has 0 atom stereocenters. The lowest BCUT2D eigenvalue weighted by molar-refractivity contribution is -0.132. The van der Waals surface area contributed by atoms with Crippen molar-refractivity contribution in [2.75, 3.05) is 20.8 Å². The molecule has 3 rings (SSSR count). The normalized spacial score (nSPS) is 10.6. The molecular weight excluding hydrogens is 458 g/mol. The van der Waals surface area contributed by atoms with E-state index in [9.17, 15) is 9.59 Å². The largest absolute Gasteiger partial charge is 0.492 e. The van der Waals surface area contributed by atoms with Crippen molar-refractivity contribution in [1.29, 1.82) is 0 Å². The summed E-state index contributed by atoms with van der Waals surface area (Å²) in [7, 11) is 2.94. The summed E-state index contributed by atoms with van der Waals surface area (Å²) in [5.41, 5.74) is 5.28. The van der Waals surface area contributed by atoms with E-state index in [2.05, 4.69) is 0 Å². The number of carbonyl (C=O) groups excluding carboxylic acids is 1. The van der Waals surface area contributed by atoms with Gasteiger partial charge in [0.1, 0.15) is 16.7 Å². The van der Waals surface area contributed by atoms with Gasteiger partial charge in [0.05, 0.1) is 26.9 Å². The average molecular weight is 482 g/mol. The smallest absolute Gasteiger partial charge is 0.325 e. The lowest BCUT2D eigenvalue weighted by Gasteiger charge is -2.17. The Kier molecular flexibility index (Phi) is 8.82. The van der Waals surface area contributed by atoms with Crippen molar-refractivity contribution in [3.05, 3.63) is 46.6 Å². The SMILES string of the molecule is COc1c(OC(C)C)cc2oc(Sc3ccc(OC(=O)CN)cc3)cc(=O)c2c1OC.Cl. The van der Waals surface area contributed by atoms with Gasteiger partial charge in [0.15, 0.2) is 22.0 Å². The zero-order chi connectivity index (χ0) is 22.5. The molecule has 0 fully saturated rings. The lowest BCUT2D eigenvalue weighted by Crippen LogP contribution is -2.19. The Morgan fingerprint density at radius 2 is 1.75 bits per heavy atom. The van der Waals surface area contributed by atoms with Gasteiger partial charge in [-0.15, -0.1) is 12.4 Å². The number of methoxy groups -OCH3 is 2. The molecule has 2 aromatic carbocycles. The molecule has 32 heavy (non-hydrogen) atoms. The predicted molar refractivity (Wildman–Crippen MR) is 124 cm³/mol. The summed E-state index contributed by atoms with van der Waals surface area (Å²) >= 11 is 1.25. The molecule has 0 saturated heterocycles.